The summed E-state index contributed by atoms with van der Waals surface area (Å²) in [4.78, 5) is 64.0. The molecule has 0 aromatic heterocycles. The molecule has 3 aliphatic heterocycles. The Balaban J connectivity index is 1.61. The van der Waals surface area contributed by atoms with E-state index in [4.69, 9.17) is 18.9 Å². The first-order valence-corrected chi connectivity index (χ1v) is 12.7. The minimum absolute atomic E-state index is 0.117. The average molecular weight is 623 g/mol. The molecule has 35 heavy (non-hydrogen) atoms. The zero-order valence-electron chi connectivity index (χ0n) is 20.2. The normalized spacial score (nSPS) is 25.6. The topological polar surface area (TPSA) is 126 Å². The number of halogens is 2. The monoisotopic (exact) mass is 621 g/mol. The second kappa shape index (κ2) is 9.93. The first-order valence-electron chi connectivity index (χ1n) is 11.1. The number of rotatable bonds is 10. The Labute approximate surface area is 220 Å². The molecule has 2 unspecified atom stereocenters. The van der Waals surface area contributed by atoms with Gasteiger partial charge in [-0.1, -0.05) is 44.0 Å². The van der Waals surface area contributed by atoms with Crippen LogP contribution in [0.4, 0.5) is 0 Å². The third kappa shape index (κ3) is 5.80. The smallest absolute Gasteiger partial charge is 0.322 e. The third-order valence-electron chi connectivity index (χ3n) is 6.06. The highest BCUT2D eigenvalue weighted by molar-refractivity contribution is 9.10. The van der Waals surface area contributed by atoms with Gasteiger partial charge >= 0.3 is 17.9 Å². The van der Waals surface area contributed by atoms with Crippen molar-refractivity contribution in [3.05, 3.63) is 12.2 Å². The van der Waals surface area contributed by atoms with Gasteiger partial charge in [0.1, 0.15) is 33.9 Å². The molecule has 3 aliphatic rings. The summed E-state index contributed by atoms with van der Waals surface area (Å²) in [5.41, 5.74) is -1.52. The Hall–Kier alpha value is -1.79. The SMILES string of the molecule is CC(C)(Br)C(=O)OCC(C)(COC(=O)C(C)(C)Br)C(=O)OCCN1C(=O)[C@@H]2C3C=CC(O3)[C@@H]2C1=O. The van der Waals surface area contributed by atoms with Crippen molar-refractivity contribution in [2.45, 2.75) is 55.5 Å². The van der Waals surface area contributed by atoms with Crippen LogP contribution in [0, 0.1) is 17.3 Å². The number of hydrogen-bond donors (Lipinski definition) is 0. The number of fused-ring (bicyclic) bond motifs is 5. The molecular formula is C23H29Br2NO9. The minimum Gasteiger partial charge on any atom is -0.463 e. The molecule has 3 heterocycles. The van der Waals surface area contributed by atoms with Crippen LogP contribution in [-0.4, -0.2) is 81.8 Å². The number of hydrogen-bond acceptors (Lipinski definition) is 9. The van der Waals surface area contributed by atoms with E-state index in [1.807, 2.05) is 0 Å². The zero-order valence-corrected chi connectivity index (χ0v) is 23.3. The third-order valence-corrected chi connectivity index (χ3v) is 6.70. The van der Waals surface area contributed by atoms with Crippen LogP contribution in [0.25, 0.3) is 0 Å². The van der Waals surface area contributed by atoms with Crippen LogP contribution < -0.4 is 0 Å². The lowest BCUT2D eigenvalue weighted by atomic mass is 9.85. The van der Waals surface area contributed by atoms with E-state index in [-0.39, 0.29) is 25.0 Å². The molecule has 0 aromatic carbocycles. The first kappa shape index (κ1) is 27.8. The zero-order chi connectivity index (χ0) is 26.3. The number of ether oxygens (including phenoxy) is 4. The standard InChI is InChI=1S/C23H29Br2NO9/c1-21(2,24)18(29)33-10-23(5,11-34-19(30)22(3,4)25)20(31)32-9-8-26-16(27)14-12-6-7-13(35-12)15(14)17(26)28/h6-7,12-15H,8-11H2,1-5H3/t12?,13?,14-,15+. The molecular weight excluding hydrogens is 594 g/mol. The molecule has 2 fully saturated rings. The van der Waals surface area contributed by atoms with Gasteiger partial charge in [-0.3, -0.25) is 28.9 Å². The number of imide groups is 1. The minimum atomic E-state index is -1.52. The molecule has 0 aliphatic carbocycles. The Kier molecular flexibility index (Phi) is 7.88. The van der Waals surface area contributed by atoms with Crippen molar-refractivity contribution in [1.82, 2.24) is 4.90 Å². The predicted octanol–water partition coefficient (Wildman–Crippen LogP) is 1.91. The van der Waals surface area contributed by atoms with Crippen molar-refractivity contribution in [3.63, 3.8) is 0 Å². The van der Waals surface area contributed by atoms with Gasteiger partial charge in [-0.15, -0.1) is 0 Å². The summed E-state index contributed by atoms with van der Waals surface area (Å²) in [5, 5.41) is 0. The number of carbonyl (C=O) groups excluding carboxylic acids is 5. The van der Waals surface area contributed by atoms with Crippen molar-refractivity contribution < 1.29 is 42.9 Å². The number of carbonyl (C=O) groups is 5. The van der Waals surface area contributed by atoms with E-state index in [0.717, 1.165) is 4.90 Å². The number of alkyl halides is 2. The molecule has 3 rings (SSSR count). The number of esters is 3. The number of nitrogens with zero attached hydrogens (tertiary/aromatic N) is 1. The van der Waals surface area contributed by atoms with Crippen LogP contribution in [0.1, 0.15) is 34.6 Å². The maximum absolute atomic E-state index is 13.0. The Morgan fingerprint density at radius 3 is 1.66 bits per heavy atom. The van der Waals surface area contributed by atoms with Gasteiger partial charge in [-0.05, 0) is 34.6 Å². The van der Waals surface area contributed by atoms with Gasteiger partial charge in [0.05, 0.1) is 30.6 Å². The first-order chi connectivity index (χ1) is 16.1. The van der Waals surface area contributed by atoms with Gasteiger partial charge in [0.15, 0.2) is 0 Å². The summed E-state index contributed by atoms with van der Waals surface area (Å²) in [6, 6.07) is 0. The average Bonchev–Trinajstić information content (AvgIpc) is 3.44. The number of amides is 2. The van der Waals surface area contributed by atoms with Crippen molar-refractivity contribution in [1.29, 1.82) is 0 Å². The maximum Gasteiger partial charge on any atom is 0.322 e. The molecule has 2 saturated heterocycles. The van der Waals surface area contributed by atoms with Crippen LogP contribution in [-0.2, 0) is 42.9 Å². The molecule has 0 aromatic rings. The quantitative estimate of drug-likeness (QED) is 0.118. The van der Waals surface area contributed by atoms with E-state index >= 15 is 0 Å². The molecule has 12 heteroatoms. The second-order valence-electron chi connectivity index (χ2n) is 10.1. The second-order valence-corrected chi connectivity index (χ2v) is 14.1. The molecule has 2 bridgehead atoms. The largest absolute Gasteiger partial charge is 0.463 e. The Bertz CT molecular complexity index is 890. The fourth-order valence-corrected chi connectivity index (χ4v) is 4.17. The fourth-order valence-electron chi connectivity index (χ4n) is 3.94. The summed E-state index contributed by atoms with van der Waals surface area (Å²) in [7, 11) is 0. The summed E-state index contributed by atoms with van der Waals surface area (Å²) in [6.45, 7) is 6.60. The van der Waals surface area contributed by atoms with E-state index < -0.39 is 69.2 Å². The van der Waals surface area contributed by atoms with Gasteiger partial charge in [0.25, 0.3) is 0 Å². The van der Waals surface area contributed by atoms with E-state index in [9.17, 15) is 24.0 Å². The lowest BCUT2D eigenvalue weighted by Gasteiger charge is -2.29. The van der Waals surface area contributed by atoms with Gasteiger partial charge < -0.3 is 18.9 Å². The molecule has 0 radical (unpaired) electrons. The van der Waals surface area contributed by atoms with Gasteiger partial charge in [0, 0.05) is 0 Å². The van der Waals surface area contributed by atoms with Crippen LogP contribution in [0.5, 0.6) is 0 Å². The van der Waals surface area contributed by atoms with Gasteiger partial charge in [0.2, 0.25) is 11.8 Å². The van der Waals surface area contributed by atoms with Crippen LogP contribution >= 0.6 is 31.9 Å². The molecule has 4 atom stereocenters. The summed E-state index contributed by atoms with van der Waals surface area (Å²) >= 11 is 6.39. The highest BCUT2D eigenvalue weighted by Crippen LogP contribution is 2.44. The molecule has 0 saturated carbocycles. The van der Waals surface area contributed by atoms with Crippen molar-refractivity contribution >= 4 is 61.6 Å². The maximum atomic E-state index is 13.0. The highest BCUT2D eigenvalue weighted by atomic mass is 79.9. The molecule has 194 valence electrons. The van der Waals surface area contributed by atoms with Crippen LogP contribution in [0.15, 0.2) is 12.2 Å². The molecule has 10 nitrogen and oxygen atoms in total. The Morgan fingerprint density at radius 1 is 0.829 bits per heavy atom. The van der Waals surface area contributed by atoms with Gasteiger partial charge in [-0.2, -0.15) is 0 Å². The van der Waals surface area contributed by atoms with Crippen molar-refractivity contribution in [2.75, 3.05) is 26.4 Å². The van der Waals surface area contributed by atoms with E-state index in [1.165, 1.54) is 6.92 Å². The van der Waals surface area contributed by atoms with Crippen LogP contribution in [0.3, 0.4) is 0 Å². The summed E-state index contributed by atoms with van der Waals surface area (Å²) in [5.74, 6) is -3.82. The van der Waals surface area contributed by atoms with Crippen LogP contribution in [0.2, 0.25) is 0 Å². The summed E-state index contributed by atoms with van der Waals surface area (Å²) in [6.07, 6.45) is 2.77. The molecule has 2 amide bonds. The summed E-state index contributed by atoms with van der Waals surface area (Å²) < 4.78 is 19.5. The van der Waals surface area contributed by atoms with E-state index in [2.05, 4.69) is 31.9 Å². The fraction of sp³-hybridized carbons (Fsp3) is 0.696. The van der Waals surface area contributed by atoms with Crippen molar-refractivity contribution in [2.24, 2.45) is 17.3 Å². The lowest BCUT2D eigenvalue weighted by molar-refractivity contribution is -0.172. The van der Waals surface area contributed by atoms with Crippen molar-refractivity contribution in [3.8, 4) is 0 Å². The van der Waals surface area contributed by atoms with E-state index in [0.29, 0.717) is 0 Å². The molecule has 0 N–H and O–H groups in total. The predicted molar refractivity (Wildman–Crippen MR) is 128 cm³/mol. The van der Waals surface area contributed by atoms with E-state index in [1.54, 1.807) is 39.8 Å². The Morgan fingerprint density at radius 2 is 1.26 bits per heavy atom. The lowest BCUT2D eigenvalue weighted by Crippen LogP contribution is -2.44. The van der Waals surface area contributed by atoms with Gasteiger partial charge in [-0.25, -0.2) is 0 Å². The molecule has 0 spiro atoms. The highest BCUT2D eigenvalue weighted by Gasteiger charge is 2.60. The number of likely N-dealkylation sites (tertiary alicyclic amines) is 1.